The van der Waals surface area contributed by atoms with Gasteiger partial charge in [0.25, 0.3) is 5.91 Å². The quantitative estimate of drug-likeness (QED) is 0.522. The minimum atomic E-state index is -0.793. The third kappa shape index (κ3) is 4.97. The van der Waals surface area contributed by atoms with E-state index >= 15 is 0 Å². The van der Waals surface area contributed by atoms with Crippen molar-refractivity contribution in [1.82, 2.24) is 5.43 Å². The first-order valence-electron chi connectivity index (χ1n) is 7.52. The Labute approximate surface area is 165 Å². The second-order valence-corrected chi connectivity index (χ2v) is 6.42. The fourth-order valence-electron chi connectivity index (χ4n) is 2.22. The molecule has 1 atom stereocenters. The van der Waals surface area contributed by atoms with Gasteiger partial charge in [-0.25, -0.2) is 5.43 Å². The molecule has 138 valence electrons. The van der Waals surface area contributed by atoms with E-state index in [0.29, 0.717) is 27.6 Å². The molecule has 0 fully saturated rings. The van der Waals surface area contributed by atoms with Crippen molar-refractivity contribution < 1.29 is 19.0 Å². The van der Waals surface area contributed by atoms with Crippen LogP contribution in [0.2, 0.25) is 5.02 Å². The smallest absolute Gasteiger partial charge is 0.273 e. The molecule has 6 nitrogen and oxygen atoms in total. The highest BCUT2D eigenvalue weighted by atomic mass is 79.9. The fourth-order valence-corrected chi connectivity index (χ4v) is 2.78. The van der Waals surface area contributed by atoms with Gasteiger partial charge in [0, 0.05) is 22.2 Å². The summed E-state index contributed by atoms with van der Waals surface area (Å²) in [7, 11) is 4.55. The van der Waals surface area contributed by atoms with Crippen molar-refractivity contribution in [2.24, 2.45) is 5.10 Å². The van der Waals surface area contributed by atoms with E-state index in [-0.39, 0.29) is 0 Å². The van der Waals surface area contributed by atoms with Gasteiger partial charge in [0.05, 0.1) is 20.4 Å². The average molecular weight is 442 g/mol. The van der Waals surface area contributed by atoms with Crippen molar-refractivity contribution in [3.05, 3.63) is 57.0 Å². The molecule has 2 aromatic rings. The summed E-state index contributed by atoms with van der Waals surface area (Å²) in [6.07, 6.45) is 0.705. The number of benzene rings is 2. The van der Waals surface area contributed by atoms with E-state index in [0.717, 1.165) is 4.47 Å². The molecular weight excluding hydrogens is 424 g/mol. The van der Waals surface area contributed by atoms with Crippen molar-refractivity contribution in [3.63, 3.8) is 0 Å². The van der Waals surface area contributed by atoms with Crippen LogP contribution in [0.5, 0.6) is 11.5 Å². The molecule has 0 bridgehead atoms. The summed E-state index contributed by atoms with van der Waals surface area (Å²) in [6, 6.07) is 10.3. The Balaban J connectivity index is 2.11. The van der Waals surface area contributed by atoms with Gasteiger partial charge in [-0.15, -0.1) is 0 Å². The summed E-state index contributed by atoms with van der Waals surface area (Å²) < 4.78 is 16.5. The van der Waals surface area contributed by atoms with Crippen LogP contribution in [0.25, 0.3) is 0 Å². The zero-order valence-electron chi connectivity index (χ0n) is 14.5. The molecule has 0 saturated carbocycles. The minimum absolute atomic E-state index is 0.400. The Hall–Kier alpha value is -2.09. The monoisotopic (exact) mass is 440 g/mol. The molecule has 0 aromatic heterocycles. The lowest BCUT2D eigenvalue weighted by molar-refractivity contribution is -0.131. The number of halogens is 2. The van der Waals surface area contributed by atoms with Crippen LogP contribution < -0.4 is 14.9 Å². The second kappa shape index (κ2) is 9.56. The molecule has 1 N–H and O–H groups in total. The summed E-state index contributed by atoms with van der Waals surface area (Å²) in [4.78, 5) is 12.3. The Morgan fingerprint density at radius 3 is 2.35 bits per heavy atom. The summed E-state index contributed by atoms with van der Waals surface area (Å²) >= 11 is 9.29. The third-order valence-corrected chi connectivity index (χ3v) is 4.47. The van der Waals surface area contributed by atoms with Gasteiger partial charge in [0.2, 0.25) is 0 Å². The Morgan fingerprint density at radius 2 is 1.77 bits per heavy atom. The maximum absolute atomic E-state index is 12.3. The van der Waals surface area contributed by atoms with E-state index in [9.17, 15) is 4.79 Å². The lowest BCUT2D eigenvalue weighted by Crippen LogP contribution is -2.26. The number of hydrazone groups is 1. The molecule has 0 spiro atoms. The lowest BCUT2D eigenvalue weighted by Gasteiger charge is -2.14. The van der Waals surface area contributed by atoms with Crippen molar-refractivity contribution in [2.75, 3.05) is 21.3 Å². The van der Waals surface area contributed by atoms with Crippen LogP contribution in [0.4, 0.5) is 0 Å². The number of nitrogens with zero attached hydrogens (tertiary/aromatic N) is 1. The number of carbonyl (C=O) groups excluding carboxylic acids is 1. The molecule has 0 radical (unpaired) electrons. The van der Waals surface area contributed by atoms with Gasteiger partial charge in [-0.05, 0) is 45.8 Å². The SMILES string of the molecule is COc1cc(Br)c(/C=N/NC(=O)C(OC)c2ccc(Cl)cc2)cc1OC. The average Bonchev–Trinajstić information content (AvgIpc) is 2.64. The van der Waals surface area contributed by atoms with E-state index in [1.807, 2.05) is 0 Å². The van der Waals surface area contributed by atoms with Crippen LogP contribution in [-0.2, 0) is 9.53 Å². The first-order valence-corrected chi connectivity index (χ1v) is 8.70. The van der Waals surface area contributed by atoms with Crippen LogP contribution in [0.3, 0.4) is 0 Å². The molecule has 0 aliphatic rings. The summed E-state index contributed by atoms with van der Waals surface area (Å²) in [5, 5.41) is 4.57. The molecule has 0 heterocycles. The van der Waals surface area contributed by atoms with E-state index in [2.05, 4.69) is 26.5 Å². The van der Waals surface area contributed by atoms with Gasteiger partial charge in [-0.2, -0.15) is 5.10 Å². The first-order chi connectivity index (χ1) is 12.5. The topological polar surface area (TPSA) is 69.2 Å². The zero-order valence-corrected chi connectivity index (χ0v) is 16.8. The summed E-state index contributed by atoms with van der Waals surface area (Å²) in [5.74, 6) is 0.741. The molecule has 8 heteroatoms. The predicted molar refractivity (Wildman–Crippen MR) is 104 cm³/mol. The normalized spacial score (nSPS) is 12.0. The molecular formula is C18H18BrClN2O4. The van der Waals surface area contributed by atoms with Gasteiger partial charge >= 0.3 is 0 Å². The molecule has 1 unspecified atom stereocenters. The number of ether oxygens (including phenoxy) is 3. The number of carbonyl (C=O) groups is 1. The second-order valence-electron chi connectivity index (χ2n) is 5.13. The highest BCUT2D eigenvalue weighted by molar-refractivity contribution is 9.10. The molecule has 26 heavy (non-hydrogen) atoms. The van der Waals surface area contributed by atoms with Crippen LogP contribution in [0.1, 0.15) is 17.2 Å². The van der Waals surface area contributed by atoms with Crippen molar-refractivity contribution >= 4 is 39.7 Å². The molecule has 0 aliphatic heterocycles. The fraction of sp³-hybridized carbons (Fsp3) is 0.222. The van der Waals surface area contributed by atoms with Gasteiger partial charge in [-0.3, -0.25) is 4.79 Å². The van der Waals surface area contributed by atoms with Gasteiger partial charge in [-0.1, -0.05) is 23.7 Å². The maximum Gasteiger partial charge on any atom is 0.273 e. The number of hydrogen-bond acceptors (Lipinski definition) is 5. The predicted octanol–water partition coefficient (Wildman–Crippen LogP) is 3.96. The summed E-state index contributed by atoms with van der Waals surface area (Å²) in [5.41, 5.74) is 3.86. The molecule has 2 rings (SSSR count). The zero-order chi connectivity index (χ0) is 19.1. The number of amides is 1. The third-order valence-electron chi connectivity index (χ3n) is 3.53. The summed E-state index contributed by atoms with van der Waals surface area (Å²) in [6.45, 7) is 0. The molecule has 1 amide bonds. The Kier molecular flexibility index (Phi) is 7.44. The van der Waals surface area contributed by atoms with Crippen LogP contribution in [-0.4, -0.2) is 33.5 Å². The number of methoxy groups -OCH3 is 3. The first kappa shape index (κ1) is 20.2. The van der Waals surface area contributed by atoms with E-state index in [1.54, 1.807) is 50.6 Å². The van der Waals surface area contributed by atoms with Gasteiger partial charge < -0.3 is 14.2 Å². The van der Waals surface area contributed by atoms with Crippen LogP contribution in [0.15, 0.2) is 46.0 Å². The van der Waals surface area contributed by atoms with Crippen LogP contribution >= 0.6 is 27.5 Å². The van der Waals surface area contributed by atoms with Crippen LogP contribution in [0, 0.1) is 0 Å². The molecule has 0 saturated heterocycles. The molecule has 0 aliphatic carbocycles. The van der Waals surface area contributed by atoms with E-state index < -0.39 is 12.0 Å². The largest absolute Gasteiger partial charge is 0.493 e. The van der Waals surface area contributed by atoms with E-state index in [1.165, 1.54) is 13.3 Å². The van der Waals surface area contributed by atoms with Gasteiger partial charge in [0.1, 0.15) is 0 Å². The minimum Gasteiger partial charge on any atom is -0.493 e. The number of hydrogen-bond donors (Lipinski definition) is 1. The lowest BCUT2D eigenvalue weighted by atomic mass is 10.1. The van der Waals surface area contributed by atoms with Crippen molar-refractivity contribution in [3.8, 4) is 11.5 Å². The highest BCUT2D eigenvalue weighted by Crippen LogP contribution is 2.32. The van der Waals surface area contributed by atoms with E-state index in [4.69, 9.17) is 25.8 Å². The highest BCUT2D eigenvalue weighted by Gasteiger charge is 2.19. The van der Waals surface area contributed by atoms with Gasteiger partial charge in [0.15, 0.2) is 17.6 Å². The number of nitrogens with one attached hydrogen (secondary N) is 1. The maximum atomic E-state index is 12.3. The Bertz CT molecular complexity index is 797. The van der Waals surface area contributed by atoms with Crippen molar-refractivity contribution in [2.45, 2.75) is 6.10 Å². The Morgan fingerprint density at radius 1 is 1.15 bits per heavy atom. The molecule has 2 aromatic carbocycles. The number of rotatable bonds is 7. The standard InChI is InChI=1S/C18H18BrClN2O4/c1-24-15-8-12(14(19)9-16(15)25-2)10-21-22-18(23)17(26-3)11-4-6-13(20)7-5-11/h4-10,17H,1-3H3,(H,22,23)/b21-10+. The van der Waals surface area contributed by atoms with Crippen molar-refractivity contribution in [1.29, 1.82) is 0 Å².